The van der Waals surface area contributed by atoms with Crippen molar-refractivity contribution in [3.8, 4) is 11.3 Å². The summed E-state index contributed by atoms with van der Waals surface area (Å²) in [5.74, 6) is -3.12. The molecule has 1 aromatic heterocycles. The number of methoxy groups -OCH3 is 1. The van der Waals surface area contributed by atoms with Crippen molar-refractivity contribution < 1.29 is 68.8 Å². The Labute approximate surface area is 452 Å². The predicted molar refractivity (Wildman–Crippen MR) is 284 cm³/mol. The summed E-state index contributed by atoms with van der Waals surface area (Å²) in [5, 5.41) is 77.3. The van der Waals surface area contributed by atoms with Crippen LogP contribution in [0.5, 0.6) is 0 Å². The van der Waals surface area contributed by atoms with Crippen molar-refractivity contribution in [3.05, 3.63) is 36.0 Å². The molecule has 0 spiro atoms. The van der Waals surface area contributed by atoms with Gasteiger partial charge in [0.1, 0.15) is 35.7 Å². The zero-order valence-electron chi connectivity index (χ0n) is 47.8. The van der Waals surface area contributed by atoms with E-state index in [1.54, 1.807) is 47.0 Å². The van der Waals surface area contributed by atoms with Gasteiger partial charge in [0.25, 0.3) is 0 Å². The van der Waals surface area contributed by atoms with Gasteiger partial charge in [0.2, 0.25) is 5.91 Å². The van der Waals surface area contributed by atoms with Gasteiger partial charge < -0.3 is 58.9 Å². The number of hydrogen-bond donors (Lipinski definition) is 7. The van der Waals surface area contributed by atoms with E-state index in [9.17, 15) is 35.1 Å². The maximum Gasteiger partial charge on any atom is 0.311 e. The van der Waals surface area contributed by atoms with Crippen molar-refractivity contribution in [1.29, 1.82) is 0 Å². The molecule has 20 nitrogen and oxygen atoms in total. The van der Waals surface area contributed by atoms with Gasteiger partial charge in [-0.1, -0.05) is 82.4 Å². The van der Waals surface area contributed by atoms with Crippen molar-refractivity contribution in [3.63, 3.8) is 0 Å². The normalized spacial score (nSPS) is 37.6. The Kier molecular flexibility index (Phi) is 23.7. The van der Waals surface area contributed by atoms with Crippen molar-refractivity contribution >= 4 is 11.9 Å². The van der Waals surface area contributed by atoms with Crippen molar-refractivity contribution in [1.82, 2.24) is 30.3 Å². The van der Waals surface area contributed by atoms with E-state index in [1.807, 2.05) is 74.9 Å². The molecule has 20 heteroatoms. The Bertz CT molecular complexity index is 2080. The van der Waals surface area contributed by atoms with Crippen LogP contribution in [0.25, 0.3) is 11.3 Å². The van der Waals surface area contributed by atoms with Gasteiger partial charge in [0.15, 0.2) is 12.6 Å². The van der Waals surface area contributed by atoms with Crippen molar-refractivity contribution in [2.45, 2.75) is 250 Å². The molecule has 0 aliphatic carbocycles. The van der Waals surface area contributed by atoms with E-state index >= 15 is 0 Å². The number of aliphatic hydroxyl groups excluding tert-OH is 3. The van der Waals surface area contributed by atoms with E-state index in [2.05, 4.69) is 15.2 Å². The zero-order valence-corrected chi connectivity index (χ0v) is 47.8. The fourth-order valence-corrected chi connectivity index (χ4v) is 11.9. The maximum absolute atomic E-state index is 14.5. The number of unbranched alkanes of at least 4 members (excludes halogenated alkanes) is 6. The van der Waals surface area contributed by atoms with Crippen molar-refractivity contribution in [2.24, 2.45) is 17.8 Å². The quantitative estimate of drug-likeness (QED) is 0.0381. The third-order valence-corrected chi connectivity index (χ3v) is 16.7. The lowest BCUT2D eigenvalue weighted by Crippen LogP contribution is -2.60. The highest BCUT2D eigenvalue weighted by molar-refractivity contribution is 5.74. The number of hydroxylamine groups is 1. The molecule has 4 heterocycles. The van der Waals surface area contributed by atoms with Gasteiger partial charge in [0.05, 0.1) is 47.7 Å². The summed E-state index contributed by atoms with van der Waals surface area (Å²) in [6.07, 6.45) is 0.311. The van der Waals surface area contributed by atoms with Crippen LogP contribution in [0.3, 0.4) is 0 Å². The van der Waals surface area contributed by atoms with Crippen LogP contribution in [-0.4, -0.2) is 185 Å². The minimum Gasteiger partial charge on any atom is -0.459 e. The first-order valence-corrected chi connectivity index (χ1v) is 28.0. The number of carbonyl (C=O) groups excluding carboxylic acids is 2. The van der Waals surface area contributed by atoms with Crippen LogP contribution in [0, 0.1) is 17.8 Å². The van der Waals surface area contributed by atoms with Gasteiger partial charge in [-0.25, -0.2) is 5.48 Å². The molecule has 7 N–H and O–H groups in total. The summed E-state index contributed by atoms with van der Waals surface area (Å²) in [6.45, 7) is 19.3. The van der Waals surface area contributed by atoms with Crippen LogP contribution >= 0.6 is 0 Å². The van der Waals surface area contributed by atoms with Gasteiger partial charge in [-0.15, -0.1) is 5.10 Å². The molecule has 76 heavy (non-hydrogen) atoms. The molecule has 3 fully saturated rings. The van der Waals surface area contributed by atoms with Crippen LogP contribution in [0.4, 0.5) is 0 Å². The Balaban J connectivity index is 1.35. The number of likely N-dealkylation sites (N-methyl/N-ethyl adjacent to an activating group) is 2. The predicted octanol–water partition coefficient (Wildman–Crippen LogP) is 5.36. The number of nitrogens with one attached hydrogen (secondary N) is 1. The highest BCUT2D eigenvalue weighted by atomic mass is 16.7. The van der Waals surface area contributed by atoms with Crippen molar-refractivity contribution in [2.75, 3.05) is 27.7 Å². The molecule has 0 bridgehead atoms. The number of aliphatic hydroxyl groups is 5. The Hall–Kier alpha value is -3.22. The summed E-state index contributed by atoms with van der Waals surface area (Å²) in [7, 11) is 5.30. The molecule has 1 aromatic carbocycles. The number of aryl methyl sites for hydroxylation is 1. The van der Waals surface area contributed by atoms with Crippen LogP contribution < -0.4 is 5.48 Å². The fraction of sp³-hybridized carbons (Fsp3) is 0.821. The van der Waals surface area contributed by atoms with E-state index in [0.29, 0.717) is 25.9 Å². The number of aromatic nitrogens is 3. The molecule has 3 saturated heterocycles. The van der Waals surface area contributed by atoms with E-state index in [0.717, 1.165) is 68.3 Å². The molecule has 3 aliphatic rings. The number of carbonyl (C=O) groups is 2. The largest absolute Gasteiger partial charge is 0.459 e. The molecule has 18 atom stereocenters. The lowest BCUT2D eigenvalue weighted by molar-refractivity contribution is -0.318. The topological polar surface area (TPSA) is 260 Å². The molecule has 2 aromatic rings. The minimum atomic E-state index is -1.84. The van der Waals surface area contributed by atoms with E-state index in [-0.39, 0.29) is 37.2 Å². The summed E-state index contributed by atoms with van der Waals surface area (Å²) >= 11 is 0. The SMILES string of the molecule is CC[C@H]1OC(=O)[C@H](C)[C@@H](O[C@H]2C[C@@](C)(OC)[C@@H](O)[C@H](C)O2)[C@H](C)[C@@H](O[C@@H]2O[C@H](C)C[C@H](N(C)Cc3ccc(-c4cn(CCCCCCCCCC(=O)NO)nn4)cc3)[C@@H]2O)[C@](C)(O)C[C@@H](C)CN(C)[C@H](C)[C@@H](O)[C@]1(C)O. The lowest BCUT2D eigenvalue weighted by atomic mass is 9.77. The standard InChI is InChI=1S/C56H96N6O14/c1-14-44-56(10,69)49(65)38(6)60(11)31-34(2)29-54(8,68)51(36(4)48(37(5)52(67)74-44)75-46-30-55(9,71-13)50(66)39(7)73-46)76-53-47(64)43(28-35(3)72-53)61(12)32-40-23-25-41(26-24-40)42-33-62(59-57-42)27-21-19-17-15-16-18-20-22-45(63)58-70/h23-26,33-39,43-44,46-51,53,64-66,68-70H,14-22,27-32H2,1-13H3,(H,58,63)/t34-,35-,36+,37-,38-,39+,43+,44-,46+,47+,48+,49-,50+,51-,53+,54-,55-,56-/m1/s1. The van der Waals surface area contributed by atoms with Gasteiger partial charge in [-0.3, -0.25) is 24.4 Å². The number of cyclic esters (lactones) is 1. The Morgan fingerprint density at radius 3 is 2.18 bits per heavy atom. The van der Waals surface area contributed by atoms with Gasteiger partial charge in [0, 0.05) is 63.2 Å². The summed E-state index contributed by atoms with van der Waals surface area (Å²) in [6, 6.07) is 7.13. The first-order valence-electron chi connectivity index (χ1n) is 28.0. The molecule has 5 rings (SSSR count). The lowest BCUT2D eigenvalue weighted by Gasteiger charge is -2.49. The monoisotopic (exact) mass is 1080 g/mol. The second-order valence-corrected chi connectivity index (χ2v) is 23.4. The van der Waals surface area contributed by atoms with E-state index in [1.165, 1.54) is 14.0 Å². The van der Waals surface area contributed by atoms with E-state index in [4.69, 9.17) is 33.6 Å². The first kappa shape index (κ1) is 63.6. The summed E-state index contributed by atoms with van der Waals surface area (Å²) < 4.78 is 40.3. The third-order valence-electron chi connectivity index (χ3n) is 16.7. The average molecular weight is 1080 g/mol. The Morgan fingerprint density at radius 1 is 0.908 bits per heavy atom. The molecule has 1 amide bonds. The van der Waals surface area contributed by atoms with Crippen LogP contribution in [0.1, 0.15) is 152 Å². The molecule has 3 aliphatic heterocycles. The fourth-order valence-electron chi connectivity index (χ4n) is 11.9. The summed E-state index contributed by atoms with van der Waals surface area (Å²) in [5.41, 5.74) is -0.131. The zero-order chi connectivity index (χ0) is 56.3. The van der Waals surface area contributed by atoms with Crippen LogP contribution in [-0.2, 0) is 51.1 Å². The average Bonchev–Trinajstić information content (AvgIpc) is 3.85. The van der Waals surface area contributed by atoms with Gasteiger partial charge >= 0.3 is 5.97 Å². The minimum absolute atomic E-state index is 0.101. The van der Waals surface area contributed by atoms with E-state index < -0.39 is 102 Å². The molecular weight excluding hydrogens is 981 g/mol. The number of rotatable bonds is 20. The molecule has 0 saturated carbocycles. The third kappa shape index (κ3) is 16.4. The maximum atomic E-state index is 14.5. The number of hydrogen-bond acceptors (Lipinski definition) is 18. The number of benzene rings is 1. The van der Waals surface area contributed by atoms with Crippen LogP contribution in [0.15, 0.2) is 30.5 Å². The number of nitrogens with zero attached hydrogens (tertiary/aromatic N) is 5. The molecule has 434 valence electrons. The number of esters is 1. The molecule has 0 radical (unpaired) electrons. The van der Waals surface area contributed by atoms with Gasteiger partial charge in [-0.2, -0.15) is 0 Å². The second kappa shape index (κ2) is 28.3. The number of amides is 1. The number of ether oxygens (including phenoxy) is 6. The Morgan fingerprint density at radius 2 is 1.55 bits per heavy atom. The van der Waals surface area contributed by atoms with Gasteiger partial charge in [-0.05, 0) is 106 Å². The molecular formula is C56H96N6O14. The van der Waals surface area contributed by atoms with Crippen LogP contribution in [0.2, 0.25) is 0 Å². The molecule has 0 unspecified atom stereocenters. The highest BCUT2D eigenvalue weighted by Gasteiger charge is 2.53. The highest BCUT2D eigenvalue weighted by Crippen LogP contribution is 2.40. The summed E-state index contributed by atoms with van der Waals surface area (Å²) in [4.78, 5) is 29.7. The second-order valence-electron chi connectivity index (χ2n) is 23.4. The first-order chi connectivity index (χ1) is 35.8. The smallest absolute Gasteiger partial charge is 0.311 e.